The Labute approximate surface area is 102 Å². The zero-order valence-electron chi connectivity index (χ0n) is 9.72. The number of hydrogen-bond acceptors (Lipinski definition) is 2. The van der Waals surface area contributed by atoms with Crippen LogP contribution in [0.2, 0.25) is 0 Å². The van der Waals surface area contributed by atoms with E-state index in [2.05, 4.69) is 12.1 Å². The number of rotatable bonds is 4. The molecule has 0 bridgehead atoms. The van der Waals surface area contributed by atoms with Crippen molar-refractivity contribution in [3.05, 3.63) is 65.7 Å². The van der Waals surface area contributed by atoms with Gasteiger partial charge in [0.15, 0.2) is 0 Å². The second kappa shape index (κ2) is 5.81. The minimum atomic E-state index is -2.11. The van der Waals surface area contributed by atoms with Crippen LogP contribution in [0.25, 0.3) is 0 Å². The van der Waals surface area contributed by atoms with Gasteiger partial charge in [0.05, 0.1) is 0 Å². The zero-order valence-corrected chi connectivity index (χ0v) is 10.7. The van der Waals surface area contributed by atoms with Crippen LogP contribution in [0.4, 0.5) is 0 Å². The minimum Gasteiger partial charge on any atom is -0.331 e. The van der Waals surface area contributed by atoms with Crippen LogP contribution in [0.3, 0.4) is 0 Å². The Morgan fingerprint density at radius 1 is 1.00 bits per heavy atom. The molecule has 0 heterocycles. The molecule has 0 aromatic heterocycles. The highest BCUT2D eigenvalue weighted by Gasteiger charge is 2.08. The summed E-state index contributed by atoms with van der Waals surface area (Å²) in [5.41, 5.74) is 2.29. The first-order chi connectivity index (χ1) is 8.31. The van der Waals surface area contributed by atoms with E-state index in [0.29, 0.717) is 0 Å². The molecule has 0 spiro atoms. The van der Waals surface area contributed by atoms with Crippen LogP contribution in [0.1, 0.15) is 11.1 Å². The second-order valence-corrected chi connectivity index (χ2v) is 5.33. The summed E-state index contributed by atoms with van der Waals surface area (Å²) < 4.78 is 16.7. The molecule has 2 aromatic rings. The standard InChI is InChI=1S/C14H15O2P/c1-16-17(15)14-10-6-5-9-13(14)11-12-7-3-2-4-8-12/h2-10,17H,11H2,1H3. The summed E-state index contributed by atoms with van der Waals surface area (Å²) in [6.07, 6.45) is 0.788. The smallest absolute Gasteiger partial charge is 0.220 e. The number of benzene rings is 2. The third-order valence-electron chi connectivity index (χ3n) is 2.66. The summed E-state index contributed by atoms with van der Waals surface area (Å²) >= 11 is 0. The summed E-state index contributed by atoms with van der Waals surface area (Å²) in [5.74, 6) is 0. The second-order valence-electron chi connectivity index (χ2n) is 3.81. The maximum atomic E-state index is 11.8. The quantitative estimate of drug-likeness (QED) is 0.775. The van der Waals surface area contributed by atoms with E-state index < -0.39 is 8.03 Å². The predicted octanol–water partition coefficient (Wildman–Crippen LogP) is 3.02. The van der Waals surface area contributed by atoms with Crippen molar-refractivity contribution in [2.75, 3.05) is 7.11 Å². The van der Waals surface area contributed by atoms with Crippen molar-refractivity contribution in [2.45, 2.75) is 6.42 Å². The van der Waals surface area contributed by atoms with Crippen LogP contribution >= 0.6 is 8.03 Å². The van der Waals surface area contributed by atoms with Gasteiger partial charge in [-0.2, -0.15) is 0 Å². The topological polar surface area (TPSA) is 26.3 Å². The van der Waals surface area contributed by atoms with Gasteiger partial charge in [0.1, 0.15) is 0 Å². The molecule has 0 N–H and O–H groups in total. The van der Waals surface area contributed by atoms with Crippen molar-refractivity contribution in [3.8, 4) is 0 Å². The molecule has 3 heteroatoms. The molecule has 2 aromatic carbocycles. The number of hydrogen-bond donors (Lipinski definition) is 0. The highest BCUT2D eigenvalue weighted by molar-refractivity contribution is 7.48. The molecule has 1 unspecified atom stereocenters. The SMILES string of the molecule is CO[PH](=O)c1ccccc1Cc1ccccc1. The van der Waals surface area contributed by atoms with Gasteiger partial charge in [-0.1, -0.05) is 48.5 Å². The summed E-state index contributed by atoms with van der Waals surface area (Å²) in [7, 11) is -0.619. The maximum Gasteiger partial charge on any atom is 0.220 e. The van der Waals surface area contributed by atoms with Gasteiger partial charge >= 0.3 is 0 Å². The van der Waals surface area contributed by atoms with E-state index in [1.807, 2.05) is 42.5 Å². The average molecular weight is 246 g/mol. The normalized spacial score (nSPS) is 12.3. The van der Waals surface area contributed by atoms with Crippen molar-refractivity contribution in [2.24, 2.45) is 0 Å². The van der Waals surface area contributed by atoms with E-state index in [4.69, 9.17) is 4.52 Å². The van der Waals surface area contributed by atoms with Gasteiger partial charge in [-0.05, 0) is 23.6 Å². The van der Waals surface area contributed by atoms with E-state index in [-0.39, 0.29) is 0 Å². The fraction of sp³-hybridized carbons (Fsp3) is 0.143. The van der Waals surface area contributed by atoms with Crippen LogP contribution in [0, 0.1) is 0 Å². The molecular weight excluding hydrogens is 231 g/mol. The van der Waals surface area contributed by atoms with Crippen LogP contribution in [0.15, 0.2) is 54.6 Å². The highest BCUT2D eigenvalue weighted by atomic mass is 31.1. The fourth-order valence-corrected chi connectivity index (χ4v) is 2.69. The summed E-state index contributed by atoms with van der Waals surface area (Å²) in [6.45, 7) is 0. The Morgan fingerprint density at radius 3 is 2.35 bits per heavy atom. The lowest BCUT2D eigenvalue weighted by Gasteiger charge is -2.08. The summed E-state index contributed by atoms with van der Waals surface area (Å²) in [6, 6.07) is 17.9. The van der Waals surface area contributed by atoms with E-state index in [9.17, 15) is 4.57 Å². The molecule has 0 fully saturated rings. The van der Waals surface area contributed by atoms with Gasteiger partial charge in [-0.3, -0.25) is 4.57 Å². The van der Waals surface area contributed by atoms with Crippen molar-refractivity contribution < 1.29 is 9.09 Å². The van der Waals surface area contributed by atoms with Crippen LogP contribution < -0.4 is 5.30 Å². The molecule has 2 nitrogen and oxygen atoms in total. The molecule has 0 aliphatic carbocycles. The van der Waals surface area contributed by atoms with Gasteiger partial charge in [0.25, 0.3) is 0 Å². The van der Waals surface area contributed by atoms with Gasteiger partial charge in [-0.15, -0.1) is 0 Å². The lowest BCUT2D eigenvalue weighted by atomic mass is 10.1. The first kappa shape index (κ1) is 12.1. The zero-order chi connectivity index (χ0) is 12.1. The molecule has 88 valence electrons. The van der Waals surface area contributed by atoms with Gasteiger partial charge in [-0.25, -0.2) is 0 Å². The van der Waals surface area contributed by atoms with Crippen molar-refractivity contribution in [1.82, 2.24) is 0 Å². The molecule has 17 heavy (non-hydrogen) atoms. The Bertz CT molecular complexity index is 509. The van der Waals surface area contributed by atoms with Gasteiger partial charge < -0.3 is 4.52 Å². The molecule has 1 atom stereocenters. The highest BCUT2D eigenvalue weighted by Crippen LogP contribution is 2.23. The van der Waals surface area contributed by atoms with E-state index in [1.54, 1.807) is 0 Å². The monoisotopic (exact) mass is 246 g/mol. The van der Waals surface area contributed by atoms with Crippen molar-refractivity contribution in [3.63, 3.8) is 0 Å². The van der Waals surface area contributed by atoms with E-state index in [0.717, 1.165) is 17.3 Å². The van der Waals surface area contributed by atoms with Crippen LogP contribution in [-0.4, -0.2) is 7.11 Å². The molecular formula is C14H15O2P. The minimum absolute atomic E-state index is 0.788. The van der Waals surface area contributed by atoms with Crippen LogP contribution in [0.5, 0.6) is 0 Å². The van der Waals surface area contributed by atoms with E-state index >= 15 is 0 Å². The van der Waals surface area contributed by atoms with Crippen molar-refractivity contribution >= 4 is 13.3 Å². The lowest BCUT2D eigenvalue weighted by Crippen LogP contribution is -2.06. The Kier molecular flexibility index (Phi) is 4.13. The third kappa shape index (κ3) is 3.06. The molecule has 0 aliphatic rings. The van der Waals surface area contributed by atoms with Gasteiger partial charge in [0, 0.05) is 12.4 Å². The lowest BCUT2D eigenvalue weighted by molar-refractivity contribution is 0.423. The van der Waals surface area contributed by atoms with Crippen molar-refractivity contribution in [1.29, 1.82) is 0 Å². The maximum absolute atomic E-state index is 11.8. The first-order valence-corrected chi connectivity index (χ1v) is 6.83. The van der Waals surface area contributed by atoms with Gasteiger partial charge in [0.2, 0.25) is 8.03 Å². The average Bonchev–Trinajstić information content (AvgIpc) is 2.40. The third-order valence-corrected chi connectivity index (χ3v) is 3.96. The fourth-order valence-electron chi connectivity index (χ4n) is 1.80. The molecule has 0 aliphatic heterocycles. The largest absolute Gasteiger partial charge is 0.331 e. The predicted molar refractivity (Wildman–Crippen MR) is 71.3 cm³/mol. The molecule has 0 saturated heterocycles. The molecule has 0 saturated carbocycles. The summed E-state index contributed by atoms with van der Waals surface area (Å²) in [5, 5.41) is 0.823. The molecule has 2 rings (SSSR count). The van der Waals surface area contributed by atoms with E-state index in [1.165, 1.54) is 12.7 Å². The Hall–Kier alpha value is -1.37. The molecule has 0 amide bonds. The molecule has 0 radical (unpaired) electrons. The summed E-state index contributed by atoms with van der Waals surface area (Å²) in [4.78, 5) is 0. The Balaban J connectivity index is 2.30. The first-order valence-electron chi connectivity index (χ1n) is 5.51. The van der Waals surface area contributed by atoms with Crippen LogP contribution in [-0.2, 0) is 15.5 Å². The Morgan fingerprint density at radius 2 is 1.65 bits per heavy atom.